The van der Waals surface area contributed by atoms with Gasteiger partial charge in [-0.3, -0.25) is 0 Å². The van der Waals surface area contributed by atoms with Crippen molar-refractivity contribution in [1.82, 2.24) is 10.2 Å². The number of hydrogen-bond donors (Lipinski definition) is 2. The number of urea groups is 1. The Morgan fingerprint density at radius 1 is 1.59 bits per heavy atom. The number of ether oxygens (including phenoxy) is 1. The summed E-state index contributed by atoms with van der Waals surface area (Å²) < 4.78 is 18.8. The summed E-state index contributed by atoms with van der Waals surface area (Å²) in [6.07, 6.45) is 2.22. The molecule has 0 aromatic heterocycles. The number of nitrogens with zero attached hydrogens (tertiary/aromatic N) is 1. The van der Waals surface area contributed by atoms with E-state index in [1.165, 1.54) is 12.1 Å². The minimum Gasteiger partial charge on any atom is -0.489 e. The van der Waals surface area contributed by atoms with Crippen molar-refractivity contribution in [2.45, 2.75) is 38.3 Å². The Kier molecular flexibility index (Phi) is 6.00. The van der Waals surface area contributed by atoms with Crippen molar-refractivity contribution < 1.29 is 19.0 Å². The third kappa shape index (κ3) is 4.34. The van der Waals surface area contributed by atoms with Crippen LogP contribution in [0.2, 0.25) is 0 Å². The van der Waals surface area contributed by atoms with Gasteiger partial charge in [-0.1, -0.05) is 13.0 Å². The van der Waals surface area contributed by atoms with E-state index in [4.69, 9.17) is 4.74 Å². The summed E-state index contributed by atoms with van der Waals surface area (Å²) in [5.74, 6) is 0.106. The van der Waals surface area contributed by atoms with E-state index in [-0.39, 0.29) is 30.6 Å². The summed E-state index contributed by atoms with van der Waals surface area (Å²) in [5.41, 5.74) is 0. The molecule has 1 aromatic carbocycles. The van der Waals surface area contributed by atoms with E-state index in [0.29, 0.717) is 25.3 Å². The lowest BCUT2D eigenvalue weighted by atomic mass is 10.2. The standard InChI is InChI=1S/C16H23FN2O3/c1-2-14(22-15-7-3-5-12(17)9-15)10-18-16(21)19-8-4-6-13(19)11-20/h3,5,7,9,13-14,20H,2,4,6,8,10-11H2,1H3,(H,18,21)/t13-,14?/m1/s1. The summed E-state index contributed by atoms with van der Waals surface area (Å²) in [6, 6.07) is 5.69. The monoisotopic (exact) mass is 310 g/mol. The van der Waals surface area contributed by atoms with E-state index in [1.54, 1.807) is 17.0 Å². The molecule has 0 spiro atoms. The van der Waals surface area contributed by atoms with Gasteiger partial charge < -0.3 is 20.1 Å². The number of halogens is 1. The van der Waals surface area contributed by atoms with E-state index < -0.39 is 0 Å². The van der Waals surface area contributed by atoms with Crippen LogP contribution in [0.15, 0.2) is 24.3 Å². The highest BCUT2D eigenvalue weighted by Crippen LogP contribution is 2.17. The van der Waals surface area contributed by atoms with Crippen LogP contribution in [0, 0.1) is 5.82 Å². The topological polar surface area (TPSA) is 61.8 Å². The highest BCUT2D eigenvalue weighted by molar-refractivity contribution is 5.74. The molecular formula is C16H23FN2O3. The number of benzene rings is 1. The molecule has 1 fully saturated rings. The molecule has 1 aliphatic heterocycles. The van der Waals surface area contributed by atoms with Crippen molar-refractivity contribution in [1.29, 1.82) is 0 Å². The van der Waals surface area contributed by atoms with Gasteiger partial charge in [0, 0.05) is 12.6 Å². The molecule has 5 nitrogen and oxygen atoms in total. The largest absolute Gasteiger partial charge is 0.489 e. The van der Waals surface area contributed by atoms with Gasteiger partial charge >= 0.3 is 6.03 Å². The molecule has 1 heterocycles. The highest BCUT2D eigenvalue weighted by atomic mass is 19.1. The number of rotatable bonds is 6. The molecule has 1 aliphatic rings. The maximum atomic E-state index is 13.1. The summed E-state index contributed by atoms with van der Waals surface area (Å²) in [5, 5.41) is 12.1. The molecule has 1 aromatic rings. The Hall–Kier alpha value is -1.82. The molecule has 1 saturated heterocycles. The molecule has 1 unspecified atom stereocenters. The van der Waals surface area contributed by atoms with Crippen molar-refractivity contribution >= 4 is 6.03 Å². The molecule has 0 radical (unpaired) electrons. The van der Waals surface area contributed by atoms with Gasteiger partial charge in [0.2, 0.25) is 0 Å². The first-order valence-corrected chi connectivity index (χ1v) is 7.71. The van der Waals surface area contributed by atoms with Crippen LogP contribution < -0.4 is 10.1 Å². The van der Waals surface area contributed by atoms with Gasteiger partial charge in [0.1, 0.15) is 17.7 Å². The van der Waals surface area contributed by atoms with Crippen LogP contribution in [0.3, 0.4) is 0 Å². The molecule has 2 rings (SSSR count). The third-order valence-corrected chi connectivity index (χ3v) is 3.88. The first kappa shape index (κ1) is 16.5. The number of hydrogen-bond acceptors (Lipinski definition) is 3. The van der Waals surface area contributed by atoms with Gasteiger partial charge in [-0.2, -0.15) is 0 Å². The SMILES string of the molecule is CCC(CNC(=O)N1CCC[C@@H]1CO)Oc1cccc(F)c1. The lowest BCUT2D eigenvalue weighted by molar-refractivity contribution is 0.148. The van der Waals surface area contributed by atoms with E-state index in [9.17, 15) is 14.3 Å². The molecule has 2 atom stereocenters. The number of carbonyl (C=O) groups is 1. The first-order valence-electron chi connectivity index (χ1n) is 7.71. The van der Waals surface area contributed by atoms with Gasteiger partial charge in [0.15, 0.2) is 0 Å². The predicted molar refractivity (Wildman–Crippen MR) is 81.3 cm³/mol. The van der Waals surface area contributed by atoms with Gasteiger partial charge in [-0.05, 0) is 31.4 Å². The molecular weight excluding hydrogens is 287 g/mol. The van der Waals surface area contributed by atoms with Gasteiger partial charge in [0.25, 0.3) is 0 Å². The fourth-order valence-corrected chi connectivity index (χ4v) is 2.60. The second-order valence-electron chi connectivity index (χ2n) is 5.46. The molecule has 2 amide bonds. The fraction of sp³-hybridized carbons (Fsp3) is 0.562. The van der Waals surface area contributed by atoms with Crippen LogP contribution in [-0.2, 0) is 0 Å². The Balaban J connectivity index is 1.84. The average molecular weight is 310 g/mol. The molecule has 22 heavy (non-hydrogen) atoms. The number of aliphatic hydroxyl groups is 1. The summed E-state index contributed by atoms with van der Waals surface area (Å²) in [4.78, 5) is 13.8. The van der Waals surface area contributed by atoms with E-state index in [1.807, 2.05) is 6.92 Å². The average Bonchev–Trinajstić information content (AvgIpc) is 2.99. The maximum absolute atomic E-state index is 13.1. The van der Waals surface area contributed by atoms with Gasteiger partial charge in [-0.15, -0.1) is 0 Å². The third-order valence-electron chi connectivity index (χ3n) is 3.88. The second-order valence-corrected chi connectivity index (χ2v) is 5.46. The van der Waals surface area contributed by atoms with Crippen LogP contribution in [0.4, 0.5) is 9.18 Å². The zero-order valence-electron chi connectivity index (χ0n) is 12.8. The summed E-state index contributed by atoms with van der Waals surface area (Å²) in [6.45, 7) is 2.95. The summed E-state index contributed by atoms with van der Waals surface area (Å²) >= 11 is 0. The van der Waals surface area contributed by atoms with Crippen LogP contribution >= 0.6 is 0 Å². The zero-order chi connectivity index (χ0) is 15.9. The zero-order valence-corrected chi connectivity index (χ0v) is 12.8. The number of likely N-dealkylation sites (tertiary alicyclic amines) is 1. The van der Waals surface area contributed by atoms with Crippen molar-refractivity contribution in [3.05, 3.63) is 30.1 Å². The molecule has 6 heteroatoms. The Bertz CT molecular complexity index is 498. The number of nitrogens with one attached hydrogen (secondary N) is 1. The molecule has 2 N–H and O–H groups in total. The Labute approximate surface area is 130 Å². The maximum Gasteiger partial charge on any atom is 0.317 e. The quantitative estimate of drug-likeness (QED) is 0.846. The number of amides is 2. The van der Waals surface area contributed by atoms with Crippen molar-refractivity contribution in [2.24, 2.45) is 0 Å². The minimum absolute atomic E-state index is 0.00951. The lowest BCUT2D eigenvalue weighted by Crippen LogP contribution is -2.46. The molecule has 122 valence electrons. The van der Waals surface area contributed by atoms with Gasteiger partial charge in [-0.25, -0.2) is 9.18 Å². The molecule has 0 bridgehead atoms. The van der Waals surface area contributed by atoms with Crippen LogP contribution in [0.25, 0.3) is 0 Å². The predicted octanol–water partition coefficient (Wildman–Crippen LogP) is 2.15. The molecule has 0 aliphatic carbocycles. The lowest BCUT2D eigenvalue weighted by Gasteiger charge is -2.25. The Morgan fingerprint density at radius 2 is 2.41 bits per heavy atom. The first-order chi connectivity index (χ1) is 10.6. The normalized spacial score (nSPS) is 19.0. The summed E-state index contributed by atoms with van der Waals surface area (Å²) in [7, 11) is 0. The van der Waals surface area contributed by atoms with E-state index >= 15 is 0 Å². The van der Waals surface area contributed by atoms with E-state index in [0.717, 1.165) is 12.8 Å². The fourth-order valence-electron chi connectivity index (χ4n) is 2.60. The Morgan fingerprint density at radius 3 is 3.09 bits per heavy atom. The molecule has 0 saturated carbocycles. The highest BCUT2D eigenvalue weighted by Gasteiger charge is 2.28. The number of aliphatic hydroxyl groups excluding tert-OH is 1. The van der Waals surface area contributed by atoms with Crippen LogP contribution in [0.1, 0.15) is 26.2 Å². The van der Waals surface area contributed by atoms with Gasteiger partial charge in [0.05, 0.1) is 19.2 Å². The second kappa shape index (κ2) is 7.98. The van der Waals surface area contributed by atoms with Crippen molar-refractivity contribution in [2.75, 3.05) is 19.7 Å². The smallest absolute Gasteiger partial charge is 0.317 e. The van der Waals surface area contributed by atoms with E-state index in [2.05, 4.69) is 5.32 Å². The number of carbonyl (C=O) groups excluding carboxylic acids is 1. The van der Waals surface area contributed by atoms with Crippen molar-refractivity contribution in [3.63, 3.8) is 0 Å². The van der Waals surface area contributed by atoms with Crippen LogP contribution in [0.5, 0.6) is 5.75 Å². The minimum atomic E-state index is -0.348. The van der Waals surface area contributed by atoms with Crippen LogP contribution in [-0.4, -0.2) is 47.9 Å². The van der Waals surface area contributed by atoms with Crippen molar-refractivity contribution in [3.8, 4) is 5.75 Å².